The minimum atomic E-state index is -0.161. The van der Waals surface area contributed by atoms with Gasteiger partial charge in [0.15, 0.2) is 0 Å². The Balaban J connectivity index is 1.52. The van der Waals surface area contributed by atoms with Gasteiger partial charge in [-0.05, 0) is 56.6 Å². The summed E-state index contributed by atoms with van der Waals surface area (Å²) in [5.41, 5.74) is 1.01. The van der Waals surface area contributed by atoms with E-state index in [9.17, 15) is 4.79 Å². The Morgan fingerprint density at radius 1 is 1.08 bits per heavy atom. The van der Waals surface area contributed by atoms with Crippen molar-refractivity contribution in [3.8, 4) is 11.8 Å². The van der Waals surface area contributed by atoms with E-state index in [2.05, 4.69) is 32.1 Å². The van der Waals surface area contributed by atoms with E-state index in [1.807, 2.05) is 18.2 Å². The summed E-state index contributed by atoms with van der Waals surface area (Å²) in [6.07, 6.45) is 12.5. The molecule has 2 aromatic rings. The molecule has 126 valence electrons. The molecule has 2 aliphatic carbocycles. The normalized spacial score (nSPS) is 27.2. The highest BCUT2D eigenvalue weighted by Crippen LogP contribution is 2.53. The van der Waals surface area contributed by atoms with Crippen LogP contribution in [0.4, 0.5) is 0 Å². The standard InChI is InChI=1S/C20H20N4O/c25-18(17-14-21-12-13-23-17)24-20-7-3-6-19(15-20,9-10-20)8-5-16-4-1-2-11-22-16/h1-2,4,11-14H,3,6-7,9-10,15H2,(H,24,25)/t19-,20+/m1/s1. The quantitative estimate of drug-likeness (QED) is 0.859. The van der Waals surface area contributed by atoms with Crippen molar-refractivity contribution in [2.75, 3.05) is 0 Å². The van der Waals surface area contributed by atoms with Gasteiger partial charge in [0, 0.05) is 29.5 Å². The van der Waals surface area contributed by atoms with Crippen LogP contribution in [-0.2, 0) is 0 Å². The molecule has 1 amide bonds. The maximum absolute atomic E-state index is 12.5. The molecule has 0 spiro atoms. The van der Waals surface area contributed by atoms with Gasteiger partial charge in [-0.25, -0.2) is 9.97 Å². The van der Waals surface area contributed by atoms with E-state index in [1.54, 1.807) is 18.6 Å². The minimum Gasteiger partial charge on any atom is -0.345 e. The van der Waals surface area contributed by atoms with Gasteiger partial charge < -0.3 is 5.32 Å². The lowest BCUT2D eigenvalue weighted by Crippen LogP contribution is -2.49. The van der Waals surface area contributed by atoms with Crippen molar-refractivity contribution < 1.29 is 4.79 Å². The van der Waals surface area contributed by atoms with E-state index >= 15 is 0 Å². The molecule has 0 aromatic carbocycles. The molecule has 25 heavy (non-hydrogen) atoms. The molecule has 2 bridgehead atoms. The molecule has 5 heteroatoms. The number of carbonyl (C=O) groups excluding carboxylic acids is 1. The number of hydrogen-bond donors (Lipinski definition) is 1. The van der Waals surface area contributed by atoms with Gasteiger partial charge >= 0.3 is 0 Å². The Hall–Kier alpha value is -2.74. The van der Waals surface area contributed by atoms with Gasteiger partial charge in [0.2, 0.25) is 0 Å². The first kappa shape index (κ1) is 15.8. The molecular weight excluding hydrogens is 312 g/mol. The third-order valence-electron chi connectivity index (χ3n) is 5.36. The molecule has 0 radical (unpaired) electrons. The zero-order valence-corrected chi connectivity index (χ0v) is 14.0. The average molecular weight is 332 g/mol. The number of rotatable bonds is 2. The molecule has 0 aliphatic heterocycles. The molecule has 2 heterocycles. The van der Waals surface area contributed by atoms with Crippen molar-refractivity contribution in [1.29, 1.82) is 0 Å². The third kappa shape index (κ3) is 3.25. The molecule has 1 N–H and O–H groups in total. The Kier molecular flexibility index (Phi) is 3.96. The van der Waals surface area contributed by atoms with Crippen molar-refractivity contribution >= 4 is 5.91 Å². The summed E-state index contributed by atoms with van der Waals surface area (Å²) in [5, 5.41) is 3.24. The van der Waals surface area contributed by atoms with E-state index in [-0.39, 0.29) is 16.9 Å². The summed E-state index contributed by atoms with van der Waals surface area (Å²) in [7, 11) is 0. The molecule has 0 unspecified atom stereocenters. The minimum absolute atomic E-state index is 0.00851. The lowest BCUT2D eigenvalue weighted by Gasteiger charge is -2.37. The summed E-state index contributed by atoms with van der Waals surface area (Å²) in [4.78, 5) is 24.9. The topological polar surface area (TPSA) is 67.8 Å². The van der Waals surface area contributed by atoms with E-state index in [4.69, 9.17) is 0 Å². The molecule has 0 saturated heterocycles. The number of aromatic nitrogens is 3. The van der Waals surface area contributed by atoms with Crippen LogP contribution in [-0.4, -0.2) is 26.4 Å². The smallest absolute Gasteiger partial charge is 0.271 e. The molecule has 2 fully saturated rings. The predicted molar refractivity (Wildman–Crippen MR) is 93.5 cm³/mol. The zero-order chi connectivity index (χ0) is 17.2. The number of nitrogens with one attached hydrogen (secondary N) is 1. The van der Waals surface area contributed by atoms with Crippen LogP contribution in [0.3, 0.4) is 0 Å². The maximum Gasteiger partial charge on any atom is 0.271 e. The Bertz CT molecular complexity index is 827. The third-order valence-corrected chi connectivity index (χ3v) is 5.36. The summed E-state index contributed by atoms with van der Waals surface area (Å²) >= 11 is 0. The van der Waals surface area contributed by atoms with Gasteiger partial charge in [-0.2, -0.15) is 0 Å². The molecule has 5 nitrogen and oxygen atoms in total. The SMILES string of the molecule is O=C(N[C@@]12CCC[C@@](C#Cc3ccccn3)(CC1)C2)c1cnccn1. The second-order valence-corrected chi connectivity index (χ2v) is 7.10. The van der Waals surface area contributed by atoms with Crippen LogP contribution in [0.1, 0.15) is 54.7 Å². The van der Waals surface area contributed by atoms with Gasteiger partial charge in [-0.15, -0.1) is 0 Å². The first-order valence-corrected chi connectivity index (χ1v) is 8.72. The number of hydrogen-bond acceptors (Lipinski definition) is 4. The predicted octanol–water partition coefficient (Wildman–Crippen LogP) is 2.75. The van der Waals surface area contributed by atoms with Crippen molar-refractivity contribution in [1.82, 2.24) is 20.3 Å². The van der Waals surface area contributed by atoms with Gasteiger partial charge in [0.1, 0.15) is 11.4 Å². The molecule has 2 aromatic heterocycles. The maximum atomic E-state index is 12.5. The highest BCUT2D eigenvalue weighted by molar-refractivity contribution is 5.92. The van der Waals surface area contributed by atoms with Gasteiger partial charge in [-0.1, -0.05) is 12.0 Å². The Labute approximate surface area is 147 Å². The number of pyridine rings is 1. The van der Waals surface area contributed by atoms with Crippen LogP contribution in [0.5, 0.6) is 0 Å². The first-order chi connectivity index (χ1) is 12.2. The lowest BCUT2D eigenvalue weighted by molar-refractivity contribution is 0.0866. The number of fused-ring (bicyclic) bond motifs is 2. The van der Waals surface area contributed by atoms with Crippen molar-refractivity contribution in [2.45, 2.75) is 44.1 Å². The fraction of sp³-hybridized carbons (Fsp3) is 0.400. The average Bonchev–Trinajstić information content (AvgIpc) is 2.92. The van der Waals surface area contributed by atoms with Crippen LogP contribution in [0, 0.1) is 17.3 Å². The highest BCUT2D eigenvalue weighted by atomic mass is 16.2. The lowest BCUT2D eigenvalue weighted by atomic mass is 9.73. The Morgan fingerprint density at radius 2 is 2.04 bits per heavy atom. The van der Waals surface area contributed by atoms with Crippen molar-refractivity contribution in [3.05, 3.63) is 54.4 Å². The van der Waals surface area contributed by atoms with Crippen LogP contribution < -0.4 is 5.32 Å². The Morgan fingerprint density at radius 3 is 2.84 bits per heavy atom. The number of amides is 1. The molecular formula is C20H20N4O. The molecule has 2 aliphatic rings. The van der Waals surface area contributed by atoms with Crippen LogP contribution in [0.15, 0.2) is 43.0 Å². The van der Waals surface area contributed by atoms with Crippen molar-refractivity contribution in [3.63, 3.8) is 0 Å². The summed E-state index contributed by atoms with van der Waals surface area (Å²) in [6, 6.07) is 5.78. The summed E-state index contributed by atoms with van der Waals surface area (Å²) in [5.74, 6) is 6.59. The molecule has 2 saturated carbocycles. The van der Waals surface area contributed by atoms with E-state index in [0.717, 1.165) is 44.2 Å². The summed E-state index contributed by atoms with van der Waals surface area (Å²) < 4.78 is 0. The van der Waals surface area contributed by atoms with Crippen LogP contribution >= 0.6 is 0 Å². The van der Waals surface area contributed by atoms with Crippen LogP contribution in [0.25, 0.3) is 0 Å². The zero-order valence-electron chi connectivity index (χ0n) is 14.0. The van der Waals surface area contributed by atoms with Crippen LogP contribution in [0.2, 0.25) is 0 Å². The first-order valence-electron chi connectivity index (χ1n) is 8.72. The fourth-order valence-electron chi connectivity index (χ4n) is 4.19. The second-order valence-electron chi connectivity index (χ2n) is 7.10. The molecule has 2 atom stereocenters. The van der Waals surface area contributed by atoms with Gasteiger partial charge in [-0.3, -0.25) is 9.78 Å². The largest absolute Gasteiger partial charge is 0.345 e. The van der Waals surface area contributed by atoms with E-state index in [0.29, 0.717) is 5.69 Å². The fourth-order valence-corrected chi connectivity index (χ4v) is 4.19. The van der Waals surface area contributed by atoms with E-state index in [1.165, 1.54) is 6.20 Å². The molecule has 4 rings (SSSR count). The number of nitrogens with zero attached hydrogens (tertiary/aromatic N) is 3. The van der Waals surface area contributed by atoms with Crippen molar-refractivity contribution in [2.24, 2.45) is 5.41 Å². The number of carbonyl (C=O) groups is 1. The van der Waals surface area contributed by atoms with Gasteiger partial charge in [0.05, 0.1) is 6.20 Å². The highest BCUT2D eigenvalue weighted by Gasteiger charge is 2.51. The monoisotopic (exact) mass is 332 g/mol. The summed E-state index contributed by atoms with van der Waals surface area (Å²) in [6.45, 7) is 0. The van der Waals surface area contributed by atoms with Gasteiger partial charge in [0.25, 0.3) is 5.91 Å². The second kappa shape index (κ2) is 6.29. The van der Waals surface area contributed by atoms with E-state index < -0.39 is 0 Å².